The molecule has 0 saturated carbocycles. The van der Waals surface area contributed by atoms with Crippen LogP contribution in [-0.4, -0.2) is 6.61 Å². The third-order valence-electron chi connectivity index (χ3n) is 3.43. The van der Waals surface area contributed by atoms with Crippen molar-refractivity contribution in [2.45, 2.75) is 18.9 Å². The molecule has 0 amide bonds. The normalized spacial score (nSPS) is 21.4. The first-order valence-corrected chi connectivity index (χ1v) is 6.44. The predicted molar refractivity (Wildman–Crippen MR) is 74.6 cm³/mol. The van der Waals surface area contributed by atoms with Gasteiger partial charge in [0.2, 0.25) is 0 Å². The molecule has 3 heteroatoms. The van der Waals surface area contributed by atoms with Gasteiger partial charge in [0.1, 0.15) is 17.2 Å². The molecule has 1 atom stereocenters. The SMILES string of the molecule is CC1(N)CCOc2cc(Oc3ccccc3)ccc21. The van der Waals surface area contributed by atoms with Crippen LogP contribution in [0.4, 0.5) is 0 Å². The fourth-order valence-corrected chi connectivity index (χ4v) is 2.29. The van der Waals surface area contributed by atoms with Gasteiger partial charge in [0.15, 0.2) is 0 Å². The van der Waals surface area contributed by atoms with Crippen molar-refractivity contribution in [3.8, 4) is 17.2 Å². The average molecular weight is 255 g/mol. The van der Waals surface area contributed by atoms with Crippen LogP contribution in [0, 0.1) is 0 Å². The number of rotatable bonds is 2. The summed E-state index contributed by atoms with van der Waals surface area (Å²) in [6.07, 6.45) is 0.832. The van der Waals surface area contributed by atoms with Crippen molar-refractivity contribution in [2.24, 2.45) is 5.73 Å². The molecule has 0 radical (unpaired) electrons. The Labute approximate surface area is 113 Å². The van der Waals surface area contributed by atoms with E-state index >= 15 is 0 Å². The number of hydrogen-bond acceptors (Lipinski definition) is 3. The molecule has 1 unspecified atom stereocenters. The molecular formula is C16H17NO2. The van der Waals surface area contributed by atoms with Gasteiger partial charge < -0.3 is 15.2 Å². The second-order valence-corrected chi connectivity index (χ2v) is 5.09. The molecule has 3 rings (SSSR count). The van der Waals surface area contributed by atoms with Crippen LogP contribution in [-0.2, 0) is 5.54 Å². The molecule has 1 heterocycles. The number of benzene rings is 2. The summed E-state index contributed by atoms with van der Waals surface area (Å²) in [4.78, 5) is 0. The average Bonchev–Trinajstić information content (AvgIpc) is 2.39. The molecule has 2 N–H and O–H groups in total. The van der Waals surface area contributed by atoms with Crippen LogP contribution in [0.25, 0.3) is 0 Å². The first-order valence-electron chi connectivity index (χ1n) is 6.44. The highest BCUT2D eigenvalue weighted by molar-refractivity contribution is 5.46. The van der Waals surface area contributed by atoms with Gasteiger partial charge in [-0.05, 0) is 31.2 Å². The minimum atomic E-state index is -0.321. The zero-order valence-corrected chi connectivity index (χ0v) is 10.9. The molecule has 0 fully saturated rings. The van der Waals surface area contributed by atoms with Crippen molar-refractivity contribution >= 4 is 0 Å². The zero-order chi connectivity index (χ0) is 13.3. The lowest BCUT2D eigenvalue weighted by molar-refractivity contribution is 0.226. The highest BCUT2D eigenvalue weighted by atomic mass is 16.5. The van der Waals surface area contributed by atoms with E-state index in [1.54, 1.807) is 0 Å². The van der Waals surface area contributed by atoms with Crippen LogP contribution in [0.2, 0.25) is 0 Å². The Morgan fingerprint density at radius 3 is 2.68 bits per heavy atom. The smallest absolute Gasteiger partial charge is 0.131 e. The quantitative estimate of drug-likeness (QED) is 0.894. The van der Waals surface area contributed by atoms with Gasteiger partial charge in [-0.15, -0.1) is 0 Å². The van der Waals surface area contributed by atoms with Gasteiger partial charge in [0.05, 0.1) is 6.61 Å². The minimum Gasteiger partial charge on any atom is -0.493 e. The maximum Gasteiger partial charge on any atom is 0.131 e. The predicted octanol–water partition coefficient (Wildman–Crippen LogP) is 3.44. The minimum absolute atomic E-state index is 0.321. The highest BCUT2D eigenvalue weighted by Gasteiger charge is 2.29. The maximum absolute atomic E-state index is 6.27. The van der Waals surface area contributed by atoms with Gasteiger partial charge in [0.25, 0.3) is 0 Å². The van der Waals surface area contributed by atoms with Crippen molar-refractivity contribution in [2.75, 3.05) is 6.61 Å². The van der Waals surface area contributed by atoms with Crippen LogP contribution < -0.4 is 15.2 Å². The largest absolute Gasteiger partial charge is 0.493 e. The Morgan fingerprint density at radius 2 is 1.89 bits per heavy atom. The number of nitrogens with two attached hydrogens (primary N) is 1. The molecule has 0 aromatic heterocycles. The Morgan fingerprint density at radius 1 is 1.11 bits per heavy atom. The van der Waals surface area contributed by atoms with Gasteiger partial charge in [0, 0.05) is 23.6 Å². The summed E-state index contributed by atoms with van der Waals surface area (Å²) in [5.41, 5.74) is 6.99. The number of ether oxygens (including phenoxy) is 2. The summed E-state index contributed by atoms with van der Waals surface area (Å²) < 4.78 is 11.5. The van der Waals surface area contributed by atoms with Crippen LogP contribution in [0.15, 0.2) is 48.5 Å². The summed E-state index contributed by atoms with van der Waals surface area (Å²) in [7, 11) is 0. The molecule has 2 aromatic rings. The lowest BCUT2D eigenvalue weighted by atomic mass is 9.87. The summed E-state index contributed by atoms with van der Waals surface area (Å²) in [6.45, 7) is 2.68. The van der Waals surface area contributed by atoms with Gasteiger partial charge >= 0.3 is 0 Å². The van der Waals surface area contributed by atoms with Crippen LogP contribution in [0.5, 0.6) is 17.2 Å². The zero-order valence-electron chi connectivity index (χ0n) is 10.9. The van der Waals surface area contributed by atoms with Crippen molar-refractivity contribution < 1.29 is 9.47 Å². The highest BCUT2D eigenvalue weighted by Crippen LogP contribution is 2.38. The summed E-state index contributed by atoms with van der Waals surface area (Å²) in [5, 5.41) is 0. The van der Waals surface area contributed by atoms with Gasteiger partial charge in [-0.1, -0.05) is 18.2 Å². The van der Waals surface area contributed by atoms with Gasteiger partial charge in [-0.25, -0.2) is 0 Å². The van der Waals surface area contributed by atoms with E-state index in [4.69, 9.17) is 15.2 Å². The summed E-state index contributed by atoms with van der Waals surface area (Å²) in [6, 6.07) is 15.5. The van der Waals surface area contributed by atoms with E-state index in [0.717, 1.165) is 29.2 Å². The Bertz CT molecular complexity index is 579. The van der Waals surface area contributed by atoms with E-state index in [0.29, 0.717) is 6.61 Å². The first-order chi connectivity index (χ1) is 9.15. The third kappa shape index (κ3) is 2.42. The Balaban J connectivity index is 1.90. The second kappa shape index (κ2) is 4.59. The molecule has 2 aromatic carbocycles. The summed E-state index contributed by atoms with van der Waals surface area (Å²) >= 11 is 0. The molecule has 0 spiro atoms. The van der Waals surface area contributed by atoms with Crippen molar-refractivity contribution in [3.05, 3.63) is 54.1 Å². The number of fused-ring (bicyclic) bond motifs is 1. The first kappa shape index (κ1) is 12.1. The summed E-state index contributed by atoms with van der Waals surface area (Å²) in [5.74, 6) is 2.40. The second-order valence-electron chi connectivity index (χ2n) is 5.09. The van der Waals surface area contributed by atoms with E-state index < -0.39 is 0 Å². The number of para-hydroxylation sites is 1. The van der Waals surface area contributed by atoms with Crippen LogP contribution in [0.3, 0.4) is 0 Å². The van der Waals surface area contributed by atoms with Crippen molar-refractivity contribution in [3.63, 3.8) is 0 Å². The van der Waals surface area contributed by atoms with Gasteiger partial charge in [-0.3, -0.25) is 0 Å². The molecule has 0 aliphatic carbocycles. The molecule has 1 aliphatic rings. The lowest BCUT2D eigenvalue weighted by Gasteiger charge is -2.32. The van der Waals surface area contributed by atoms with Gasteiger partial charge in [-0.2, -0.15) is 0 Å². The fourth-order valence-electron chi connectivity index (χ4n) is 2.29. The number of hydrogen-bond donors (Lipinski definition) is 1. The van der Waals surface area contributed by atoms with E-state index in [1.165, 1.54) is 0 Å². The van der Waals surface area contributed by atoms with Crippen molar-refractivity contribution in [1.29, 1.82) is 0 Å². The molecule has 3 nitrogen and oxygen atoms in total. The van der Waals surface area contributed by atoms with Crippen LogP contribution in [0.1, 0.15) is 18.9 Å². The Kier molecular flexibility index (Phi) is 2.91. The third-order valence-corrected chi connectivity index (χ3v) is 3.43. The van der Waals surface area contributed by atoms with Crippen LogP contribution >= 0.6 is 0 Å². The lowest BCUT2D eigenvalue weighted by Crippen LogP contribution is -2.38. The fraction of sp³-hybridized carbons (Fsp3) is 0.250. The molecule has 0 saturated heterocycles. The maximum atomic E-state index is 6.27. The van der Waals surface area contributed by atoms with E-state index in [-0.39, 0.29) is 5.54 Å². The molecule has 19 heavy (non-hydrogen) atoms. The molecular weight excluding hydrogens is 238 g/mol. The monoisotopic (exact) mass is 255 g/mol. The van der Waals surface area contributed by atoms with E-state index in [1.807, 2.05) is 55.5 Å². The molecule has 98 valence electrons. The molecule has 0 bridgehead atoms. The topological polar surface area (TPSA) is 44.5 Å². The standard InChI is InChI=1S/C16H17NO2/c1-16(17)9-10-18-15-11-13(7-8-14(15)16)19-12-5-3-2-4-6-12/h2-8,11H,9-10,17H2,1H3. The van der Waals surface area contributed by atoms with E-state index in [2.05, 4.69) is 0 Å². The van der Waals surface area contributed by atoms with E-state index in [9.17, 15) is 0 Å². The Hall–Kier alpha value is -2.00. The van der Waals surface area contributed by atoms with Crippen molar-refractivity contribution in [1.82, 2.24) is 0 Å². The molecule has 1 aliphatic heterocycles.